The van der Waals surface area contributed by atoms with Gasteiger partial charge in [-0.1, -0.05) is 35.9 Å². The first kappa shape index (κ1) is 24.9. The average Bonchev–Trinajstić information content (AvgIpc) is 3.46. The summed E-state index contributed by atoms with van der Waals surface area (Å²) in [5, 5.41) is 2.05. The van der Waals surface area contributed by atoms with Gasteiger partial charge in [0.25, 0.3) is 5.91 Å². The number of carbonyl (C=O) groups is 1. The number of hydrogen-bond donors (Lipinski definition) is 0. The highest BCUT2D eigenvalue weighted by Crippen LogP contribution is 2.41. The number of hydrogen-bond acceptors (Lipinski definition) is 8. The van der Waals surface area contributed by atoms with Crippen LogP contribution in [0.15, 0.2) is 30.3 Å². The molecule has 204 valence electrons. The predicted molar refractivity (Wildman–Crippen MR) is 145 cm³/mol. The van der Waals surface area contributed by atoms with E-state index in [4.69, 9.17) is 31.0 Å². The summed E-state index contributed by atoms with van der Waals surface area (Å²) in [6, 6.07) is 9.74. The Kier molecular flexibility index (Phi) is 6.28. The van der Waals surface area contributed by atoms with E-state index in [0.29, 0.717) is 73.9 Å². The van der Waals surface area contributed by atoms with Crippen LogP contribution in [0.25, 0.3) is 10.8 Å². The first-order valence-corrected chi connectivity index (χ1v) is 14.0. The zero-order valence-electron chi connectivity index (χ0n) is 21.6. The molecule has 9 nitrogen and oxygen atoms in total. The van der Waals surface area contributed by atoms with Crippen LogP contribution in [0.1, 0.15) is 41.7 Å². The molecule has 2 atom stereocenters. The number of benzene rings is 1. The molecule has 3 aromatic rings. The summed E-state index contributed by atoms with van der Waals surface area (Å²) in [5.74, 6) is 0.831. The van der Waals surface area contributed by atoms with Gasteiger partial charge in [-0.25, -0.2) is 9.37 Å². The Bertz CT molecular complexity index is 1430. The predicted octanol–water partition coefficient (Wildman–Crippen LogP) is 4.02. The average molecular weight is 553 g/mol. The number of rotatable bonds is 5. The Balaban J connectivity index is 1.26. The summed E-state index contributed by atoms with van der Waals surface area (Å²) in [7, 11) is 0. The number of aromatic nitrogens is 3. The molecular weight excluding hydrogens is 523 g/mol. The van der Waals surface area contributed by atoms with Crippen molar-refractivity contribution in [3.05, 3.63) is 46.7 Å². The van der Waals surface area contributed by atoms with Gasteiger partial charge in [0.1, 0.15) is 35.1 Å². The standard InChI is InChI=1S/C28H30ClFN6O3/c29-22-13-18-5-1-2-6-20(18)24(32-22)36-16-21-23(26(36)37)25(34-8-4-11-38-12-10-34)33-27(31-21)39-17-28-7-3-9-35(28)15-19(30)14-28/h1-2,5-6,13,19H,3-4,7-12,14-17H2/t19-,28+/m1/s1. The molecule has 39 heavy (non-hydrogen) atoms. The molecule has 0 radical (unpaired) electrons. The van der Waals surface area contributed by atoms with Crippen LogP contribution in [0.4, 0.5) is 16.0 Å². The van der Waals surface area contributed by atoms with Gasteiger partial charge in [0.05, 0.1) is 24.4 Å². The summed E-state index contributed by atoms with van der Waals surface area (Å²) < 4.78 is 26.2. The summed E-state index contributed by atoms with van der Waals surface area (Å²) in [5.41, 5.74) is 0.733. The van der Waals surface area contributed by atoms with E-state index in [0.717, 1.165) is 36.6 Å². The number of carbonyl (C=O) groups excluding carboxylic acids is 1. The van der Waals surface area contributed by atoms with Crippen molar-refractivity contribution >= 4 is 39.9 Å². The fourth-order valence-electron chi connectivity index (χ4n) is 6.59. The van der Waals surface area contributed by atoms with Gasteiger partial charge in [-0.2, -0.15) is 9.97 Å². The van der Waals surface area contributed by atoms with E-state index in [1.165, 1.54) is 0 Å². The Labute approximate surface area is 230 Å². The highest BCUT2D eigenvalue weighted by atomic mass is 35.5. The van der Waals surface area contributed by atoms with E-state index in [2.05, 4.69) is 14.8 Å². The lowest BCUT2D eigenvalue weighted by Gasteiger charge is -2.31. The molecule has 3 saturated heterocycles. The number of amides is 1. The molecule has 6 heterocycles. The van der Waals surface area contributed by atoms with E-state index in [1.807, 2.05) is 24.3 Å². The zero-order chi connectivity index (χ0) is 26.6. The molecule has 1 amide bonds. The van der Waals surface area contributed by atoms with Gasteiger partial charge in [-0.15, -0.1) is 0 Å². The van der Waals surface area contributed by atoms with Crippen molar-refractivity contribution in [2.45, 2.75) is 43.9 Å². The first-order valence-electron chi connectivity index (χ1n) is 13.6. The summed E-state index contributed by atoms with van der Waals surface area (Å²) in [6.07, 6.45) is 2.38. The highest BCUT2D eigenvalue weighted by Gasteiger charge is 2.49. The number of alkyl halides is 1. The van der Waals surface area contributed by atoms with E-state index < -0.39 is 6.17 Å². The van der Waals surface area contributed by atoms with Crippen LogP contribution < -0.4 is 14.5 Å². The number of anilines is 2. The topological polar surface area (TPSA) is 83.9 Å². The van der Waals surface area contributed by atoms with Crippen LogP contribution in [0.2, 0.25) is 5.15 Å². The maximum absolute atomic E-state index is 14.3. The van der Waals surface area contributed by atoms with Crippen LogP contribution in [-0.2, 0) is 11.3 Å². The zero-order valence-corrected chi connectivity index (χ0v) is 22.4. The highest BCUT2D eigenvalue weighted by molar-refractivity contribution is 6.30. The van der Waals surface area contributed by atoms with Crippen molar-refractivity contribution < 1.29 is 18.7 Å². The molecule has 0 spiro atoms. The van der Waals surface area contributed by atoms with Crippen molar-refractivity contribution in [3.63, 3.8) is 0 Å². The Morgan fingerprint density at radius 1 is 1.10 bits per heavy atom. The quantitative estimate of drug-likeness (QED) is 0.439. The molecule has 0 aliphatic carbocycles. The van der Waals surface area contributed by atoms with Gasteiger partial charge >= 0.3 is 6.01 Å². The lowest BCUT2D eigenvalue weighted by atomic mass is 9.95. The molecule has 4 aliphatic rings. The molecule has 3 fully saturated rings. The second-order valence-corrected chi connectivity index (χ2v) is 11.2. The lowest BCUT2D eigenvalue weighted by molar-refractivity contribution is 0.0995. The normalized spacial score (nSPS) is 25.3. The van der Waals surface area contributed by atoms with Gasteiger partial charge in [0.15, 0.2) is 0 Å². The molecule has 0 bridgehead atoms. The van der Waals surface area contributed by atoms with Crippen LogP contribution in [0.5, 0.6) is 6.01 Å². The number of pyridine rings is 1. The van der Waals surface area contributed by atoms with Crippen molar-refractivity contribution in [2.24, 2.45) is 0 Å². The summed E-state index contributed by atoms with van der Waals surface area (Å²) >= 11 is 6.37. The number of halogens is 2. The van der Waals surface area contributed by atoms with Crippen molar-refractivity contribution in [1.82, 2.24) is 19.9 Å². The first-order chi connectivity index (χ1) is 19.0. The molecule has 1 aromatic carbocycles. The molecule has 2 aromatic heterocycles. The Morgan fingerprint density at radius 3 is 2.92 bits per heavy atom. The smallest absolute Gasteiger partial charge is 0.318 e. The lowest BCUT2D eigenvalue weighted by Crippen LogP contribution is -2.43. The fourth-order valence-corrected chi connectivity index (χ4v) is 6.78. The van der Waals surface area contributed by atoms with Gasteiger partial charge in [0.2, 0.25) is 0 Å². The largest absolute Gasteiger partial charge is 0.461 e. The third kappa shape index (κ3) is 4.38. The molecule has 4 aliphatic heterocycles. The molecular formula is C28H30ClFN6O3. The minimum Gasteiger partial charge on any atom is -0.461 e. The Morgan fingerprint density at radius 2 is 2.00 bits per heavy atom. The van der Waals surface area contributed by atoms with E-state index >= 15 is 0 Å². The van der Waals surface area contributed by atoms with Gasteiger partial charge < -0.3 is 14.4 Å². The molecule has 11 heteroatoms. The SMILES string of the molecule is O=C1c2c(nc(OC[C@@]34CCCN3C[C@H](F)C4)nc2N2CCCOCC2)CN1c1nc(Cl)cc2ccccc12. The minimum atomic E-state index is -0.839. The maximum Gasteiger partial charge on any atom is 0.318 e. The van der Waals surface area contributed by atoms with Crippen LogP contribution in [0, 0.1) is 0 Å². The third-order valence-corrected chi connectivity index (χ3v) is 8.60. The second-order valence-electron chi connectivity index (χ2n) is 10.8. The summed E-state index contributed by atoms with van der Waals surface area (Å²) in [6.45, 7) is 4.41. The van der Waals surface area contributed by atoms with Gasteiger partial charge in [-0.05, 0) is 37.3 Å². The monoisotopic (exact) mass is 552 g/mol. The van der Waals surface area contributed by atoms with E-state index in [1.54, 1.807) is 11.0 Å². The second kappa shape index (κ2) is 9.83. The molecule has 0 saturated carbocycles. The number of ether oxygens (including phenoxy) is 2. The van der Waals surface area contributed by atoms with E-state index in [-0.39, 0.29) is 24.0 Å². The van der Waals surface area contributed by atoms with Crippen LogP contribution in [0.3, 0.4) is 0 Å². The molecule has 0 unspecified atom stereocenters. The van der Waals surface area contributed by atoms with Gasteiger partial charge in [0, 0.05) is 38.0 Å². The van der Waals surface area contributed by atoms with Crippen molar-refractivity contribution in [3.8, 4) is 6.01 Å². The van der Waals surface area contributed by atoms with Crippen molar-refractivity contribution in [2.75, 3.05) is 55.8 Å². The van der Waals surface area contributed by atoms with Crippen LogP contribution in [-0.4, -0.2) is 83.5 Å². The number of fused-ring (bicyclic) bond motifs is 3. The Hall–Kier alpha value is -3.08. The number of nitrogens with zero attached hydrogens (tertiary/aromatic N) is 6. The van der Waals surface area contributed by atoms with Crippen LogP contribution >= 0.6 is 11.6 Å². The fraction of sp³-hybridized carbons (Fsp3) is 0.500. The van der Waals surface area contributed by atoms with Crippen molar-refractivity contribution in [1.29, 1.82) is 0 Å². The maximum atomic E-state index is 14.3. The van der Waals surface area contributed by atoms with Gasteiger partial charge in [-0.3, -0.25) is 14.6 Å². The third-order valence-electron chi connectivity index (χ3n) is 8.41. The molecule has 7 rings (SSSR count). The minimum absolute atomic E-state index is 0.215. The summed E-state index contributed by atoms with van der Waals surface area (Å²) in [4.78, 5) is 34.0. The molecule has 0 N–H and O–H groups in total. The van der Waals surface area contributed by atoms with E-state index in [9.17, 15) is 9.18 Å².